The third-order valence-electron chi connectivity index (χ3n) is 9.34. The maximum absolute atomic E-state index is 14.3. The molecule has 12 nitrogen and oxygen atoms in total. The molecule has 0 atom stereocenters. The van der Waals surface area contributed by atoms with Crippen molar-refractivity contribution >= 4 is 50.7 Å². The molecule has 3 N–H and O–H groups in total. The Labute approximate surface area is 298 Å². The van der Waals surface area contributed by atoms with Gasteiger partial charge in [-0.25, -0.2) is 22.1 Å². The van der Waals surface area contributed by atoms with Gasteiger partial charge in [-0.3, -0.25) is 9.59 Å². The second-order valence-corrected chi connectivity index (χ2v) is 14.7. The van der Waals surface area contributed by atoms with Crippen molar-refractivity contribution in [2.45, 2.75) is 51.3 Å². The number of aryl methyl sites for hydroxylation is 2. The van der Waals surface area contributed by atoms with E-state index in [1.54, 1.807) is 29.2 Å². The fourth-order valence-corrected chi connectivity index (χ4v) is 8.11. The van der Waals surface area contributed by atoms with E-state index in [1.165, 1.54) is 60.5 Å². The molecule has 1 aliphatic rings. The number of amides is 1. The minimum atomic E-state index is -4.31. The fraction of sp³-hybridized carbons (Fsp3) is 0.316. The van der Waals surface area contributed by atoms with Crippen molar-refractivity contribution in [1.82, 2.24) is 33.5 Å². The van der Waals surface area contributed by atoms with Crippen LogP contribution >= 0.6 is 0 Å². The molecule has 2 aromatic carbocycles. The molecule has 0 bridgehead atoms. The average Bonchev–Trinajstić information content (AvgIpc) is 3.82. The Morgan fingerprint density at radius 2 is 1.80 bits per heavy atom. The van der Waals surface area contributed by atoms with Crippen LogP contribution in [0.3, 0.4) is 0 Å². The summed E-state index contributed by atoms with van der Waals surface area (Å²) in [6.45, 7) is 13.8. The quantitative estimate of drug-likeness (QED) is 0.119. The largest absolute Gasteiger partial charge is 0.383 e. The molecule has 1 saturated heterocycles. The average molecular weight is 709 g/mol. The van der Waals surface area contributed by atoms with Crippen molar-refractivity contribution in [1.29, 1.82) is 0 Å². The van der Waals surface area contributed by atoms with Crippen molar-refractivity contribution in [3.8, 4) is 5.69 Å². The number of benzene rings is 2. The topological polar surface area (TPSA) is 152 Å². The molecule has 0 aliphatic carbocycles. The van der Waals surface area contributed by atoms with Gasteiger partial charge >= 0.3 is 0 Å². The van der Waals surface area contributed by atoms with Crippen molar-refractivity contribution in [2.75, 3.05) is 38.5 Å². The standard InChI is InChI=1S/C38H44N8O4S/c1-5-34-28(13-18-36(47)44(6-2)22-10-21-43-19-8-7-9-20-43)23-35(46(34)51(49,50)30-15-11-26(3)12-16-30)37(48)31-25-40-45(38(31)39)29-14-17-32-33(24-29)42-27(4)41-32/h5,11-18,23-25H,1,6-10,19-22,39H2,2-4H3,(H,41,42). The number of likely N-dealkylation sites (N-methyl/N-ethyl adjacent to an activating group) is 1. The van der Waals surface area contributed by atoms with Crippen LogP contribution in [-0.2, 0) is 14.8 Å². The van der Waals surface area contributed by atoms with E-state index in [1.807, 2.05) is 32.9 Å². The Morgan fingerprint density at radius 1 is 1.06 bits per heavy atom. The van der Waals surface area contributed by atoms with Gasteiger partial charge < -0.3 is 20.5 Å². The van der Waals surface area contributed by atoms with E-state index in [9.17, 15) is 18.0 Å². The van der Waals surface area contributed by atoms with Crippen LogP contribution in [0.2, 0.25) is 0 Å². The van der Waals surface area contributed by atoms with Gasteiger partial charge in [0, 0.05) is 24.7 Å². The molecule has 0 unspecified atom stereocenters. The molecular formula is C38H44N8O4S. The molecule has 4 heterocycles. The van der Waals surface area contributed by atoms with Crippen LogP contribution < -0.4 is 5.73 Å². The number of nitrogens with one attached hydrogen (secondary N) is 1. The number of H-pyrrole nitrogens is 1. The van der Waals surface area contributed by atoms with Gasteiger partial charge in [-0.05, 0) is 108 Å². The number of likely N-dealkylation sites (tertiary alicyclic amines) is 1. The summed E-state index contributed by atoms with van der Waals surface area (Å²) in [5.41, 5.74) is 9.87. The Hall–Kier alpha value is -5.27. The first-order chi connectivity index (χ1) is 24.5. The van der Waals surface area contributed by atoms with Gasteiger partial charge in [0.15, 0.2) is 0 Å². The predicted octanol–water partition coefficient (Wildman–Crippen LogP) is 5.60. The third-order valence-corrected chi connectivity index (χ3v) is 11.1. The van der Waals surface area contributed by atoms with E-state index >= 15 is 0 Å². The van der Waals surface area contributed by atoms with Crippen LogP contribution in [0.1, 0.15) is 71.3 Å². The Bertz CT molecular complexity index is 2220. The Balaban J connectivity index is 1.35. The lowest BCUT2D eigenvalue weighted by Crippen LogP contribution is -2.35. The zero-order valence-corrected chi connectivity index (χ0v) is 30.1. The van der Waals surface area contributed by atoms with Crippen molar-refractivity contribution in [2.24, 2.45) is 0 Å². The Kier molecular flexibility index (Phi) is 10.4. The number of anilines is 1. The lowest BCUT2D eigenvalue weighted by Gasteiger charge is -2.27. The minimum absolute atomic E-state index is 0.00913. The smallest absolute Gasteiger partial charge is 0.268 e. The zero-order valence-electron chi connectivity index (χ0n) is 29.3. The van der Waals surface area contributed by atoms with Crippen LogP contribution in [-0.4, -0.2) is 86.4 Å². The normalized spacial score (nSPS) is 14.0. The number of rotatable bonds is 13. The second kappa shape index (κ2) is 14.9. The first kappa shape index (κ1) is 35.6. The van der Waals surface area contributed by atoms with E-state index in [0.29, 0.717) is 24.3 Å². The number of nitrogen functional groups attached to an aromatic ring is 1. The number of imidazole rings is 1. The monoisotopic (exact) mass is 708 g/mol. The summed E-state index contributed by atoms with van der Waals surface area (Å²) < 4.78 is 30.9. The van der Waals surface area contributed by atoms with E-state index < -0.39 is 15.8 Å². The van der Waals surface area contributed by atoms with Crippen LogP contribution in [0.25, 0.3) is 28.9 Å². The number of hydrogen-bond donors (Lipinski definition) is 2. The molecule has 3 aromatic heterocycles. The zero-order chi connectivity index (χ0) is 36.3. The number of hydrogen-bond acceptors (Lipinski definition) is 8. The van der Waals surface area contributed by atoms with Crippen LogP contribution in [0.15, 0.2) is 72.3 Å². The third kappa shape index (κ3) is 7.31. The highest BCUT2D eigenvalue weighted by Gasteiger charge is 2.30. The van der Waals surface area contributed by atoms with E-state index in [0.717, 1.165) is 52.4 Å². The number of piperidine rings is 1. The first-order valence-corrected chi connectivity index (χ1v) is 18.7. The number of nitrogens with two attached hydrogens (primary N) is 1. The molecule has 1 aliphatic heterocycles. The fourth-order valence-electron chi connectivity index (χ4n) is 6.59. The minimum Gasteiger partial charge on any atom is -0.383 e. The number of aromatic amines is 1. The van der Waals surface area contributed by atoms with Gasteiger partial charge in [0.25, 0.3) is 10.0 Å². The number of ketones is 1. The van der Waals surface area contributed by atoms with Gasteiger partial charge in [-0.15, -0.1) is 0 Å². The van der Waals surface area contributed by atoms with E-state index in [2.05, 4.69) is 26.5 Å². The SMILES string of the molecule is C=Cc1c(C=CC(=O)N(CC)CCCN2CCCCC2)cc(C(=O)c2cnn(-c3ccc4nc(C)[nH]c4c3)c2N)n1S(=O)(=O)c1ccc(C)cc1. The maximum Gasteiger partial charge on any atom is 0.268 e. The van der Waals surface area contributed by atoms with Crippen LogP contribution in [0, 0.1) is 13.8 Å². The molecule has 0 spiro atoms. The van der Waals surface area contributed by atoms with Gasteiger partial charge in [0.1, 0.15) is 17.3 Å². The maximum atomic E-state index is 14.3. The molecule has 0 saturated carbocycles. The van der Waals surface area contributed by atoms with Gasteiger partial charge in [-0.2, -0.15) is 5.10 Å². The van der Waals surface area contributed by atoms with Crippen LogP contribution in [0.5, 0.6) is 0 Å². The first-order valence-electron chi connectivity index (χ1n) is 17.3. The summed E-state index contributed by atoms with van der Waals surface area (Å²) in [5.74, 6) is -0.0773. The lowest BCUT2D eigenvalue weighted by molar-refractivity contribution is -0.125. The summed E-state index contributed by atoms with van der Waals surface area (Å²) in [7, 11) is -4.31. The number of carbonyl (C=O) groups is 2. The van der Waals surface area contributed by atoms with Gasteiger partial charge in [0.05, 0.1) is 39.1 Å². The van der Waals surface area contributed by atoms with Crippen molar-refractivity contribution in [3.63, 3.8) is 0 Å². The van der Waals surface area contributed by atoms with Gasteiger partial charge in [0.2, 0.25) is 11.7 Å². The molecule has 266 valence electrons. The summed E-state index contributed by atoms with van der Waals surface area (Å²) in [4.78, 5) is 39.5. The van der Waals surface area contributed by atoms with Crippen LogP contribution in [0.4, 0.5) is 5.82 Å². The van der Waals surface area contributed by atoms with Crippen molar-refractivity contribution in [3.05, 3.63) is 101 Å². The number of carbonyl (C=O) groups excluding carboxylic acids is 2. The molecule has 0 radical (unpaired) electrons. The lowest BCUT2D eigenvalue weighted by atomic mass is 10.1. The molecular weight excluding hydrogens is 665 g/mol. The molecule has 51 heavy (non-hydrogen) atoms. The number of aromatic nitrogens is 5. The van der Waals surface area contributed by atoms with E-state index in [-0.39, 0.29) is 33.6 Å². The predicted molar refractivity (Wildman–Crippen MR) is 200 cm³/mol. The Morgan fingerprint density at radius 3 is 2.51 bits per heavy atom. The summed E-state index contributed by atoms with van der Waals surface area (Å²) in [6, 6.07) is 13.2. The number of nitrogens with zero attached hydrogens (tertiary/aromatic N) is 6. The summed E-state index contributed by atoms with van der Waals surface area (Å²) in [6.07, 6.45) is 10.2. The summed E-state index contributed by atoms with van der Waals surface area (Å²) >= 11 is 0. The highest BCUT2D eigenvalue weighted by Crippen LogP contribution is 2.30. The second-order valence-electron chi connectivity index (χ2n) is 12.9. The molecule has 1 fully saturated rings. The molecule has 5 aromatic rings. The van der Waals surface area contributed by atoms with Crippen molar-refractivity contribution < 1.29 is 18.0 Å². The number of fused-ring (bicyclic) bond motifs is 1. The van der Waals surface area contributed by atoms with Gasteiger partial charge in [-0.1, -0.05) is 30.7 Å². The highest BCUT2D eigenvalue weighted by atomic mass is 32.2. The highest BCUT2D eigenvalue weighted by molar-refractivity contribution is 7.90. The summed E-state index contributed by atoms with van der Waals surface area (Å²) in [5, 5.41) is 4.39. The van der Waals surface area contributed by atoms with E-state index in [4.69, 9.17) is 5.73 Å². The molecule has 6 rings (SSSR count). The molecule has 13 heteroatoms. The molecule has 1 amide bonds.